The molecule has 1 aromatic carbocycles. The molecule has 0 N–H and O–H groups in total. The summed E-state index contributed by atoms with van der Waals surface area (Å²) in [6.07, 6.45) is -0.348. The molecule has 24 heavy (non-hydrogen) atoms. The van der Waals surface area contributed by atoms with Gasteiger partial charge in [-0.1, -0.05) is 23.4 Å². The molecule has 0 aliphatic carbocycles. The zero-order valence-electron chi connectivity index (χ0n) is 13.0. The van der Waals surface area contributed by atoms with Crippen LogP contribution in [-0.4, -0.2) is 21.1 Å². The monoisotopic (exact) mass is 347 g/mol. The van der Waals surface area contributed by atoms with Gasteiger partial charge in [-0.25, -0.2) is 14.2 Å². The molecule has 1 atom stereocenters. The van der Waals surface area contributed by atoms with Crippen molar-refractivity contribution in [2.24, 2.45) is 0 Å². The minimum atomic E-state index is -0.671. The molecule has 0 bridgehead atoms. The fraction of sp³-hybridized carbons (Fsp3) is 0.250. The minimum absolute atomic E-state index is 0.175. The van der Waals surface area contributed by atoms with E-state index in [9.17, 15) is 9.18 Å². The van der Waals surface area contributed by atoms with Crippen LogP contribution in [-0.2, 0) is 11.2 Å². The summed E-state index contributed by atoms with van der Waals surface area (Å²) < 4.78 is 23.9. The van der Waals surface area contributed by atoms with Gasteiger partial charge in [0.1, 0.15) is 5.82 Å². The van der Waals surface area contributed by atoms with Gasteiger partial charge < -0.3 is 9.26 Å². The van der Waals surface area contributed by atoms with Crippen molar-refractivity contribution in [2.75, 3.05) is 0 Å². The molecule has 2 heterocycles. The van der Waals surface area contributed by atoms with Gasteiger partial charge in [0.15, 0.2) is 17.6 Å². The average Bonchev–Trinajstić information content (AvgIpc) is 3.19. The van der Waals surface area contributed by atoms with Crippen molar-refractivity contribution in [3.63, 3.8) is 0 Å². The number of thiazole rings is 1. The van der Waals surface area contributed by atoms with Crippen molar-refractivity contribution in [1.29, 1.82) is 0 Å². The highest BCUT2D eigenvalue weighted by molar-refractivity contribution is 7.09. The first-order chi connectivity index (χ1) is 11.5. The van der Waals surface area contributed by atoms with Crippen molar-refractivity contribution < 1.29 is 18.4 Å². The van der Waals surface area contributed by atoms with Crippen LogP contribution in [0.5, 0.6) is 0 Å². The van der Waals surface area contributed by atoms with E-state index in [4.69, 9.17) is 9.26 Å². The Kier molecular flexibility index (Phi) is 4.66. The lowest BCUT2D eigenvalue weighted by Crippen LogP contribution is -2.10. The SMILES string of the molecule is Cc1noc(C(C)OC(=O)c2csc(Cc3ccccc3F)n2)n1. The second-order valence-electron chi connectivity index (χ2n) is 5.12. The number of hydrogen-bond acceptors (Lipinski definition) is 7. The first-order valence-corrected chi connectivity index (χ1v) is 8.10. The number of aryl methyl sites for hydroxylation is 1. The fourth-order valence-electron chi connectivity index (χ4n) is 2.04. The lowest BCUT2D eigenvalue weighted by Gasteiger charge is -2.07. The van der Waals surface area contributed by atoms with Crippen molar-refractivity contribution in [2.45, 2.75) is 26.4 Å². The molecular formula is C16H14FN3O3S. The smallest absolute Gasteiger partial charge is 0.358 e. The summed E-state index contributed by atoms with van der Waals surface area (Å²) in [5.41, 5.74) is 0.705. The maximum Gasteiger partial charge on any atom is 0.358 e. The number of rotatable bonds is 5. The Bertz CT molecular complexity index is 862. The zero-order chi connectivity index (χ0) is 17.1. The first-order valence-electron chi connectivity index (χ1n) is 7.22. The van der Waals surface area contributed by atoms with Crippen LogP contribution in [0.2, 0.25) is 0 Å². The second-order valence-corrected chi connectivity index (χ2v) is 6.06. The molecule has 0 aliphatic heterocycles. The normalized spacial score (nSPS) is 12.1. The maximum absolute atomic E-state index is 13.7. The molecule has 3 rings (SSSR count). The predicted molar refractivity (Wildman–Crippen MR) is 84.2 cm³/mol. The number of carbonyl (C=O) groups excluding carboxylic acids is 1. The van der Waals surface area contributed by atoms with Gasteiger partial charge in [-0.05, 0) is 25.5 Å². The fourth-order valence-corrected chi connectivity index (χ4v) is 2.83. The van der Waals surface area contributed by atoms with Crippen LogP contribution in [0.1, 0.15) is 45.8 Å². The molecule has 0 saturated heterocycles. The molecule has 124 valence electrons. The van der Waals surface area contributed by atoms with Crippen molar-refractivity contribution in [3.8, 4) is 0 Å². The van der Waals surface area contributed by atoms with Gasteiger partial charge >= 0.3 is 5.97 Å². The molecule has 0 amide bonds. The molecule has 0 radical (unpaired) electrons. The summed E-state index contributed by atoms with van der Waals surface area (Å²) in [7, 11) is 0. The van der Waals surface area contributed by atoms with E-state index in [1.165, 1.54) is 17.4 Å². The lowest BCUT2D eigenvalue weighted by atomic mass is 10.1. The maximum atomic E-state index is 13.7. The third kappa shape index (κ3) is 3.65. The standard InChI is InChI=1S/C16H14FN3O3S/c1-9(15-18-10(2)20-23-15)22-16(21)13-8-24-14(19-13)7-11-5-3-4-6-12(11)17/h3-6,8-9H,7H2,1-2H3. The van der Waals surface area contributed by atoms with Crippen LogP contribution in [0.25, 0.3) is 0 Å². The molecule has 6 nitrogen and oxygen atoms in total. The highest BCUT2D eigenvalue weighted by Crippen LogP contribution is 2.20. The van der Waals surface area contributed by atoms with Crippen LogP contribution in [0, 0.1) is 12.7 Å². The average molecular weight is 347 g/mol. The summed E-state index contributed by atoms with van der Waals surface area (Å²) in [6.45, 7) is 3.31. The summed E-state index contributed by atoms with van der Waals surface area (Å²) in [6, 6.07) is 6.47. The van der Waals surface area contributed by atoms with E-state index in [1.54, 1.807) is 37.4 Å². The van der Waals surface area contributed by atoms with E-state index < -0.39 is 12.1 Å². The van der Waals surface area contributed by atoms with Gasteiger partial charge in [-0.15, -0.1) is 11.3 Å². The van der Waals surface area contributed by atoms with Gasteiger partial charge in [0.25, 0.3) is 5.89 Å². The Morgan fingerprint density at radius 3 is 2.88 bits per heavy atom. The van der Waals surface area contributed by atoms with E-state index in [0.717, 1.165) is 0 Å². The Morgan fingerprint density at radius 1 is 1.38 bits per heavy atom. The van der Waals surface area contributed by atoms with E-state index in [-0.39, 0.29) is 17.4 Å². The van der Waals surface area contributed by atoms with Crippen LogP contribution in [0.15, 0.2) is 34.2 Å². The Labute approximate surface area is 141 Å². The van der Waals surface area contributed by atoms with Gasteiger partial charge in [0, 0.05) is 11.8 Å². The van der Waals surface area contributed by atoms with Gasteiger partial charge in [0.05, 0.1) is 5.01 Å². The third-order valence-corrected chi connectivity index (χ3v) is 4.08. The first kappa shape index (κ1) is 16.3. The van der Waals surface area contributed by atoms with E-state index in [1.807, 2.05) is 0 Å². The molecule has 8 heteroatoms. The Balaban J connectivity index is 1.66. The lowest BCUT2D eigenvalue weighted by molar-refractivity contribution is 0.0259. The van der Waals surface area contributed by atoms with Gasteiger partial charge in [-0.2, -0.15) is 4.98 Å². The topological polar surface area (TPSA) is 78.1 Å². The Morgan fingerprint density at radius 2 is 2.17 bits per heavy atom. The van der Waals surface area contributed by atoms with E-state index >= 15 is 0 Å². The largest absolute Gasteiger partial charge is 0.448 e. The summed E-state index contributed by atoms with van der Waals surface area (Å²) >= 11 is 1.28. The van der Waals surface area contributed by atoms with E-state index in [0.29, 0.717) is 22.8 Å². The van der Waals surface area contributed by atoms with Gasteiger partial charge in [0.2, 0.25) is 0 Å². The summed E-state index contributed by atoms with van der Waals surface area (Å²) in [5, 5.41) is 5.87. The number of benzene rings is 1. The molecule has 0 aliphatic rings. The van der Waals surface area contributed by atoms with Crippen molar-refractivity contribution in [1.82, 2.24) is 15.1 Å². The summed E-state index contributed by atoms with van der Waals surface area (Å²) in [5.74, 6) is -0.192. The highest BCUT2D eigenvalue weighted by Gasteiger charge is 2.21. The summed E-state index contributed by atoms with van der Waals surface area (Å²) in [4.78, 5) is 20.3. The number of halogens is 1. The number of carbonyl (C=O) groups is 1. The third-order valence-electron chi connectivity index (χ3n) is 3.24. The number of hydrogen-bond donors (Lipinski definition) is 0. The Hall–Kier alpha value is -2.61. The van der Waals surface area contributed by atoms with Crippen LogP contribution in [0.4, 0.5) is 4.39 Å². The number of nitrogens with zero attached hydrogens (tertiary/aromatic N) is 3. The molecule has 0 spiro atoms. The number of ether oxygens (including phenoxy) is 1. The predicted octanol–water partition coefficient (Wildman–Crippen LogP) is 3.48. The van der Waals surface area contributed by atoms with Crippen molar-refractivity contribution >= 4 is 17.3 Å². The molecular weight excluding hydrogens is 333 g/mol. The number of aromatic nitrogens is 3. The van der Waals surface area contributed by atoms with Crippen molar-refractivity contribution in [3.05, 3.63) is 63.4 Å². The molecule has 3 aromatic rings. The minimum Gasteiger partial charge on any atom is -0.448 e. The van der Waals surface area contributed by atoms with Crippen LogP contribution < -0.4 is 0 Å². The highest BCUT2D eigenvalue weighted by atomic mass is 32.1. The molecule has 0 fully saturated rings. The molecule has 0 saturated carbocycles. The molecule has 2 aromatic heterocycles. The quantitative estimate of drug-likeness (QED) is 0.658. The second kappa shape index (κ2) is 6.88. The van der Waals surface area contributed by atoms with E-state index in [2.05, 4.69) is 15.1 Å². The molecule has 1 unspecified atom stereocenters. The zero-order valence-corrected chi connectivity index (χ0v) is 13.8. The van der Waals surface area contributed by atoms with Gasteiger partial charge in [-0.3, -0.25) is 0 Å². The number of esters is 1. The van der Waals surface area contributed by atoms with Crippen LogP contribution in [0.3, 0.4) is 0 Å². The van der Waals surface area contributed by atoms with Crippen LogP contribution >= 0.6 is 11.3 Å².